The van der Waals surface area contributed by atoms with E-state index in [-0.39, 0.29) is 0 Å². The monoisotopic (exact) mass is 300 g/mol. The second kappa shape index (κ2) is 6.95. The summed E-state index contributed by atoms with van der Waals surface area (Å²) in [6, 6.07) is 10.1. The van der Waals surface area contributed by atoms with Crippen molar-refractivity contribution in [2.24, 2.45) is 0 Å². The highest BCUT2D eigenvalue weighted by Gasteiger charge is 2.36. The van der Waals surface area contributed by atoms with E-state index >= 15 is 0 Å². The molecule has 1 aromatic rings. The first kappa shape index (κ1) is 15.9. The van der Waals surface area contributed by atoms with Gasteiger partial charge in [0.05, 0.1) is 0 Å². The number of hydrogen-bond acceptors (Lipinski definition) is 3. The minimum absolute atomic E-state index is 0.661. The summed E-state index contributed by atoms with van der Waals surface area (Å²) >= 11 is 0. The van der Waals surface area contributed by atoms with Crippen molar-refractivity contribution in [3.05, 3.63) is 48.2 Å². The maximum absolute atomic E-state index is 12.2. The maximum atomic E-state index is 12.2. The van der Waals surface area contributed by atoms with Crippen molar-refractivity contribution in [2.45, 2.75) is 18.8 Å². The van der Waals surface area contributed by atoms with Crippen LogP contribution in [-0.2, 0) is 6.54 Å². The van der Waals surface area contributed by atoms with Gasteiger partial charge >= 0.3 is 6.18 Å². The second-order valence-corrected chi connectivity index (χ2v) is 5.13. The van der Waals surface area contributed by atoms with Gasteiger partial charge in [-0.2, -0.15) is 13.2 Å². The normalized spacial score (nSPS) is 19.1. The number of aliphatic hydroxyl groups excluding tert-OH is 1. The maximum Gasteiger partial charge on any atom is 0.418 e. The molecule has 1 N–H and O–H groups in total. The first-order chi connectivity index (χ1) is 9.95. The molecule has 116 valence electrons. The third-order valence-electron chi connectivity index (χ3n) is 3.47. The van der Waals surface area contributed by atoms with Gasteiger partial charge in [0.25, 0.3) is 0 Å². The van der Waals surface area contributed by atoms with Gasteiger partial charge in [-0.05, 0) is 17.8 Å². The summed E-state index contributed by atoms with van der Waals surface area (Å²) in [5.41, 5.74) is 1.23. The molecule has 1 saturated heterocycles. The van der Waals surface area contributed by atoms with Crippen LogP contribution in [0.4, 0.5) is 13.2 Å². The molecule has 0 aromatic heterocycles. The molecule has 2 rings (SSSR count). The molecule has 0 aliphatic carbocycles. The molecule has 1 aromatic carbocycles. The standard InChI is InChI=1S/C15H19F3N2O/c16-15(17,18)14(21)6-7-19-8-10-20(11-9-19)12-13-4-2-1-3-5-13/h1-7,14,21H,8-12H2/b7-6+/t14-/m1/s1. The Morgan fingerprint density at radius 1 is 1.10 bits per heavy atom. The molecular weight excluding hydrogens is 281 g/mol. The van der Waals surface area contributed by atoms with Crippen LogP contribution in [0.3, 0.4) is 0 Å². The fraction of sp³-hybridized carbons (Fsp3) is 0.467. The van der Waals surface area contributed by atoms with E-state index in [1.54, 1.807) is 4.90 Å². The van der Waals surface area contributed by atoms with E-state index in [1.165, 1.54) is 11.8 Å². The molecule has 0 spiro atoms. The molecule has 0 unspecified atom stereocenters. The predicted octanol–water partition coefficient (Wildman–Crippen LogP) is 2.24. The molecule has 1 aliphatic rings. The lowest BCUT2D eigenvalue weighted by Crippen LogP contribution is -2.43. The molecule has 0 saturated carbocycles. The van der Waals surface area contributed by atoms with Gasteiger partial charge < -0.3 is 10.0 Å². The van der Waals surface area contributed by atoms with Gasteiger partial charge in [-0.25, -0.2) is 0 Å². The van der Waals surface area contributed by atoms with Gasteiger partial charge in [-0.3, -0.25) is 4.90 Å². The van der Waals surface area contributed by atoms with Gasteiger partial charge in [0.15, 0.2) is 6.10 Å². The van der Waals surface area contributed by atoms with E-state index in [1.807, 2.05) is 18.2 Å². The van der Waals surface area contributed by atoms with Crippen LogP contribution in [-0.4, -0.2) is 53.4 Å². The average molecular weight is 300 g/mol. The van der Waals surface area contributed by atoms with Crippen LogP contribution in [0.5, 0.6) is 0 Å². The molecule has 0 bridgehead atoms. The number of aliphatic hydroxyl groups is 1. The van der Waals surface area contributed by atoms with Crippen LogP contribution in [0.2, 0.25) is 0 Å². The fourth-order valence-corrected chi connectivity index (χ4v) is 2.22. The topological polar surface area (TPSA) is 26.7 Å². The largest absolute Gasteiger partial charge is 0.418 e. The number of rotatable bonds is 4. The highest BCUT2D eigenvalue weighted by Crippen LogP contribution is 2.21. The molecule has 3 nitrogen and oxygen atoms in total. The Labute approximate surface area is 122 Å². The number of benzene rings is 1. The zero-order chi connectivity index (χ0) is 15.3. The molecule has 0 radical (unpaired) electrons. The molecule has 1 heterocycles. The van der Waals surface area contributed by atoms with Crippen LogP contribution < -0.4 is 0 Å². The van der Waals surface area contributed by atoms with Crippen LogP contribution >= 0.6 is 0 Å². The van der Waals surface area contributed by atoms with Gasteiger partial charge in [0.1, 0.15) is 0 Å². The number of hydrogen-bond donors (Lipinski definition) is 1. The summed E-state index contributed by atoms with van der Waals surface area (Å²) in [5.74, 6) is 0. The van der Waals surface area contributed by atoms with E-state index in [0.717, 1.165) is 25.7 Å². The lowest BCUT2D eigenvalue weighted by atomic mass is 10.2. The predicted molar refractivity (Wildman–Crippen MR) is 74.5 cm³/mol. The number of nitrogens with zero attached hydrogens (tertiary/aromatic N) is 2. The smallest absolute Gasteiger partial charge is 0.380 e. The molecule has 1 fully saturated rings. The van der Waals surface area contributed by atoms with E-state index in [2.05, 4.69) is 17.0 Å². The zero-order valence-electron chi connectivity index (χ0n) is 11.6. The van der Waals surface area contributed by atoms with Crippen LogP contribution in [0, 0.1) is 0 Å². The summed E-state index contributed by atoms with van der Waals surface area (Å²) in [6.07, 6.45) is -4.84. The quantitative estimate of drug-likeness (QED) is 0.924. The Hall–Kier alpha value is -1.53. The Kier molecular flexibility index (Phi) is 5.25. The first-order valence-electron chi connectivity index (χ1n) is 6.88. The van der Waals surface area contributed by atoms with E-state index < -0.39 is 12.3 Å². The Morgan fingerprint density at radius 3 is 2.29 bits per heavy atom. The van der Waals surface area contributed by atoms with Crippen molar-refractivity contribution in [2.75, 3.05) is 26.2 Å². The summed E-state index contributed by atoms with van der Waals surface area (Å²) in [5, 5.41) is 8.91. The summed E-state index contributed by atoms with van der Waals surface area (Å²) in [7, 11) is 0. The lowest BCUT2D eigenvalue weighted by Gasteiger charge is -2.34. The molecule has 6 heteroatoms. The van der Waals surface area contributed by atoms with Crippen LogP contribution in [0.15, 0.2) is 42.6 Å². The van der Waals surface area contributed by atoms with Gasteiger partial charge in [0.2, 0.25) is 0 Å². The highest BCUT2D eigenvalue weighted by atomic mass is 19.4. The van der Waals surface area contributed by atoms with Gasteiger partial charge in [0, 0.05) is 32.7 Å². The SMILES string of the molecule is O[C@H](/C=C/N1CCN(Cc2ccccc2)CC1)C(F)(F)F. The van der Waals surface area contributed by atoms with E-state index in [0.29, 0.717) is 13.1 Å². The highest BCUT2D eigenvalue weighted by molar-refractivity contribution is 5.14. The average Bonchev–Trinajstić information content (AvgIpc) is 2.46. The Morgan fingerprint density at radius 2 is 1.71 bits per heavy atom. The van der Waals surface area contributed by atoms with Crippen LogP contribution in [0.25, 0.3) is 0 Å². The fourth-order valence-electron chi connectivity index (χ4n) is 2.22. The third-order valence-corrected chi connectivity index (χ3v) is 3.47. The lowest BCUT2D eigenvalue weighted by molar-refractivity contribution is -0.188. The second-order valence-electron chi connectivity index (χ2n) is 5.13. The summed E-state index contributed by atoms with van der Waals surface area (Å²) < 4.78 is 36.5. The van der Waals surface area contributed by atoms with Crippen molar-refractivity contribution < 1.29 is 18.3 Å². The minimum atomic E-state index is -4.59. The number of halogens is 3. The summed E-state index contributed by atoms with van der Waals surface area (Å²) in [6.45, 7) is 3.76. The molecule has 1 atom stereocenters. The third kappa shape index (κ3) is 5.06. The van der Waals surface area contributed by atoms with Crippen LogP contribution in [0.1, 0.15) is 5.56 Å². The zero-order valence-corrected chi connectivity index (χ0v) is 11.6. The Bertz CT molecular complexity index is 454. The summed E-state index contributed by atoms with van der Waals surface area (Å²) in [4.78, 5) is 4.07. The molecular formula is C15H19F3N2O. The van der Waals surface area contributed by atoms with Crippen molar-refractivity contribution in [1.82, 2.24) is 9.80 Å². The van der Waals surface area contributed by atoms with Crippen molar-refractivity contribution in [1.29, 1.82) is 0 Å². The number of piperazine rings is 1. The van der Waals surface area contributed by atoms with E-state index in [9.17, 15) is 13.2 Å². The van der Waals surface area contributed by atoms with Crippen molar-refractivity contribution >= 4 is 0 Å². The van der Waals surface area contributed by atoms with Gasteiger partial charge in [-0.1, -0.05) is 30.3 Å². The number of alkyl halides is 3. The molecule has 1 aliphatic heterocycles. The molecule has 21 heavy (non-hydrogen) atoms. The first-order valence-corrected chi connectivity index (χ1v) is 6.88. The Balaban J connectivity index is 1.77. The van der Waals surface area contributed by atoms with Crippen molar-refractivity contribution in [3.8, 4) is 0 Å². The van der Waals surface area contributed by atoms with Gasteiger partial charge in [-0.15, -0.1) is 0 Å². The molecule has 0 amide bonds. The van der Waals surface area contributed by atoms with Crippen molar-refractivity contribution in [3.63, 3.8) is 0 Å². The minimum Gasteiger partial charge on any atom is -0.380 e. The van der Waals surface area contributed by atoms with E-state index in [4.69, 9.17) is 5.11 Å².